The number of nitrogens with one attached hydrogen (secondary N) is 1. The predicted octanol–water partition coefficient (Wildman–Crippen LogP) is 1.96. The molecule has 1 aliphatic rings. The Labute approximate surface area is 86.5 Å². The standard InChI is InChI=1S/C7H11N3.C4H10/c1-6-5-10-3-2-8-4-7(10)9-6;1-4(2)3/h5,8H,2-4H2,1H3;4H,1-3H3. The Bertz CT molecular complexity index is 250. The number of aromatic nitrogens is 2. The Hall–Kier alpha value is -0.830. The molecule has 2 rings (SSSR count). The number of nitrogens with zero attached hydrogens (tertiary/aromatic N) is 2. The van der Waals surface area contributed by atoms with Crippen LogP contribution in [-0.2, 0) is 13.1 Å². The van der Waals surface area contributed by atoms with Gasteiger partial charge in [0.1, 0.15) is 5.82 Å². The number of aryl methyl sites for hydroxylation is 1. The first kappa shape index (κ1) is 11.2. The molecule has 3 heteroatoms. The highest BCUT2D eigenvalue weighted by Crippen LogP contribution is 2.04. The molecule has 0 radical (unpaired) electrons. The molecule has 3 nitrogen and oxygen atoms in total. The van der Waals surface area contributed by atoms with E-state index in [9.17, 15) is 0 Å². The van der Waals surface area contributed by atoms with Gasteiger partial charge in [0.2, 0.25) is 0 Å². The summed E-state index contributed by atoms with van der Waals surface area (Å²) in [5.41, 5.74) is 1.12. The summed E-state index contributed by atoms with van der Waals surface area (Å²) in [5, 5.41) is 3.27. The van der Waals surface area contributed by atoms with E-state index in [1.165, 1.54) is 5.82 Å². The lowest BCUT2D eigenvalue weighted by Crippen LogP contribution is -2.27. The van der Waals surface area contributed by atoms with Gasteiger partial charge >= 0.3 is 0 Å². The second-order valence-electron chi connectivity index (χ2n) is 4.40. The summed E-state index contributed by atoms with van der Waals surface area (Å²) in [5.74, 6) is 2.00. The third-order valence-electron chi connectivity index (χ3n) is 1.79. The molecule has 0 bridgehead atoms. The first-order chi connectivity index (χ1) is 6.59. The molecule has 1 aromatic rings. The lowest BCUT2D eigenvalue weighted by Gasteiger charge is -2.13. The molecular weight excluding hydrogens is 174 g/mol. The van der Waals surface area contributed by atoms with Crippen LogP contribution in [0.2, 0.25) is 0 Å². The van der Waals surface area contributed by atoms with Gasteiger partial charge in [-0.2, -0.15) is 0 Å². The zero-order valence-corrected chi connectivity index (χ0v) is 9.67. The fourth-order valence-electron chi connectivity index (χ4n) is 1.33. The molecule has 0 aliphatic carbocycles. The number of imidazole rings is 1. The minimum atomic E-state index is 0.833. The van der Waals surface area contributed by atoms with Gasteiger partial charge in [0.25, 0.3) is 0 Å². The zero-order valence-electron chi connectivity index (χ0n) is 9.67. The highest BCUT2D eigenvalue weighted by Gasteiger charge is 2.08. The molecule has 2 heterocycles. The molecule has 0 amide bonds. The fraction of sp³-hybridized carbons (Fsp3) is 0.727. The molecule has 80 valence electrons. The maximum atomic E-state index is 4.35. The molecule has 0 saturated carbocycles. The Morgan fingerprint density at radius 1 is 1.43 bits per heavy atom. The van der Waals surface area contributed by atoms with Crippen LogP contribution in [0.15, 0.2) is 6.20 Å². The van der Waals surface area contributed by atoms with Crippen LogP contribution in [0.5, 0.6) is 0 Å². The van der Waals surface area contributed by atoms with Gasteiger partial charge in [-0.15, -0.1) is 0 Å². The first-order valence-electron chi connectivity index (χ1n) is 5.33. The summed E-state index contributed by atoms with van der Waals surface area (Å²) in [4.78, 5) is 4.35. The lowest BCUT2D eigenvalue weighted by molar-refractivity contribution is 0.505. The topological polar surface area (TPSA) is 29.9 Å². The van der Waals surface area contributed by atoms with Crippen LogP contribution < -0.4 is 5.32 Å². The van der Waals surface area contributed by atoms with Crippen molar-refractivity contribution in [3.8, 4) is 0 Å². The normalized spacial score (nSPS) is 14.6. The van der Waals surface area contributed by atoms with Gasteiger partial charge in [0.15, 0.2) is 0 Å². The largest absolute Gasteiger partial charge is 0.332 e. The predicted molar refractivity (Wildman–Crippen MR) is 59.2 cm³/mol. The van der Waals surface area contributed by atoms with Crippen molar-refractivity contribution in [2.24, 2.45) is 5.92 Å². The minimum Gasteiger partial charge on any atom is -0.332 e. The number of hydrogen-bond acceptors (Lipinski definition) is 2. The molecule has 0 fully saturated rings. The van der Waals surface area contributed by atoms with Crippen LogP contribution in [0, 0.1) is 12.8 Å². The van der Waals surface area contributed by atoms with Crippen molar-refractivity contribution in [3.63, 3.8) is 0 Å². The monoisotopic (exact) mass is 195 g/mol. The maximum absolute atomic E-state index is 4.35. The lowest BCUT2D eigenvalue weighted by atomic mass is 10.3. The Balaban J connectivity index is 0.000000213. The van der Waals surface area contributed by atoms with E-state index >= 15 is 0 Å². The highest BCUT2D eigenvalue weighted by molar-refractivity contribution is 5.03. The Kier molecular flexibility index (Phi) is 4.14. The van der Waals surface area contributed by atoms with Crippen LogP contribution in [0.1, 0.15) is 32.3 Å². The first-order valence-corrected chi connectivity index (χ1v) is 5.33. The molecule has 0 saturated heterocycles. The van der Waals surface area contributed by atoms with Crippen LogP contribution in [0.4, 0.5) is 0 Å². The van der Waals surface area contributed by atoms with Crippen molar-refractivity contribution >= 4 is 0 Å². The van der Waals surface area contributed by atoms with Crippen molar-refractivity contribution in [1.29, 1.82) is 0 Å². The molecule has 0 atom stereocenters. The average Bonchev–Trinajstić information content (AvgIpc) is 2.42. The van der Waals surface area contributed by atoms with Crippen LogP contribution in [0.25, 0.3) is 0 Å². The summed E-state index contributed by atoms with van der Waals surface area (Å²) < 4.78 is 2.21. The number of rotatable bonds is 0. The average molecular weight is 195 g/mol. The summed E-state index contributed by atoms with van der Waals surface area (Å²) in [6.45, 7) is 11.6. The second-order valence-corrected chi connectivity index (χ2v) is 4.40. The summed E-state index contributed by atoms with van der Waals surface area (Å²) >= 11 is 0. The van der Waals surface area contributed by atoms with E-state index in [1.807, 2.05) is 6.92 Å². The van der Waals surface area contributed by atoms with Crippen molar-refractivity contribution in [2.75, 3.05) is 6.54 Å². The van der Waals surface area contributed by atoms with Gasteiger partial charge in [-0.1, -0.05) is 20.8 Å². The van der Waals surface area contributed by atoms with Crippen molar-refractivity contribution < 1.29 is 0 Å². The third kappa shape index (κ3) is 3.50. The van der Waals surface area contributed by atoms with Gasteiger partial charge in [-0.25, -0.2) is 4.98 Å². The van der Waals surface area contributed by atoms with E-state index in [2.05, 4.69) is 41.8 Å². The van der Waals surface area contributed by atoms with Crippen LogP contribution >= 0.6 is 0 Å². The van der Waals surface area contributed by atoms with E-state index in [0.29, 0.717) is 0 Å². The van der Waals surface area contributed by atoms with E-state index < -0.39 is 0 Å². The molecule has 0 spiro atoms. The zero-order chi connectivity index (χ0) is 10.6. The van der Waals surface area contributed by atoms with Crippen molar-refractivity contribution in [1.82, 2.24) is 14.9 Å². The van der Waals surface area contributed by atoms with Crippen molar-refractivity contribution in [3.05, 3.63) is 17.7 Å². The summed E-state index contributed by atoms with van der Waals surface area (Å²) in [7, 11) is 0. The van der Waals surface area contributed by atoms with E-state index in [4.69, 9.17) is 0 Å². The maximum Gasteiger partial charge on any atom is 0.123 e. The second kappa shape index (κ2) is 5.15. The molecule has 0 aromatic carbocycles. The van der Waals surface area contributed by atoms with Gasteiger partial charge in [0.05, 0.1) is 12.2 Å². The van der Waals surface area contributed by atoms with Crippen LogP contribution in [0.3, 0.4) is 0 Å². The SMILES string of the molecule is CC(C)C.Cc1cn2c(n1)CNCC2. The molecular formula is C11H21N3. The third-order valence-corrected chi connectivity index (χ3v) is 1.79. The summed E-state index contributed by atoms with van der Waals surface area (Å²) in [6, 6.07) is 0. The Morgan fingerprint density at radius 2 is 2.07 bits per heavy atom. The molecule has 14 heavy (non-hydrogen) atoms. The van der Waals surface area contributed by atoms with Gasteiger partial charge in [-0.05, 0) is 12.8 Å². The van der Waals surface area contributed by atoms with E-state index in [0.717, 1.165) is 31.2 Å². The summed E-state index contributed by atoms with van der Waals surface area (Å²) in [6.07, 6.45) is 2.11. The Morgan fingerprint density at radius 3 is 2.64 bits per heavy atom. The van der Waals surface area contributed by atoms with Crippen molar-refractivity contribution in [2.45, 2.75) is 40.8 Å². The molecule has 0 unspecified atom stereocenters. The minimum absolute atomic E-state index is 0.833. The fourth-order valence-corrected chi connectivity index (χ4v) is 1.33. The number of hydrogen-bond donors (Lipinski definition) is 1. The van der Waals surface area contributed by atoms with E-state index in [-0.39, 0.29) is 0 Å². The smallest absolute Gasteiger partial charge is 0.123 e. The van der Waals surface area contributed by atoms with Gasteiger partial charge in [-0.3, -0.25) is 0 Å². The van der Waals surface area contributed by atoms with Gasteiger partial charge < -0.3 is 9.88 Å². The van der Waals surface area contributed by atoms with Gasteiger partial charge in [0, 0.05) is 19.3 Å². The van der Waals surface area contributed by atoms with Crippen LogP contribution in [-0.4, -0.2) is 16.1 Å². The number of fused-ring (bicyclic) bond motifs is 1. The molecule has 1 aromatic heterocycles. The molecule has 1 aliphatic heterocycles. The van der Waals surface area contributed by atoms with E-state index in [1.54, 1.807) is 0 Å². The highest BCUT2D eigenvalue weighted by atomic mass is 15.1. The molecule has 1 N–H and O–H groups in total. The quantitative estimate of drug-likeness (QED) is 0.686.